The molecule has 2 aromatic carbocycles. The maximum absolute atomic E-state index is 12.8. The molecule has 1 saturated heterocycles. The maximum Gasteiger partial charge on any atom is 0.270 e. The summed E-state index contributed by atoms with van der Waals surface area (Å²) in [7, 11) is 0. The molecule has 1 fully saturated rings. The number of thioether (sulfide) groups is 1. The van der Waals surface area contributed by atoms with E-state index in [-0.39, 0.29) is 18.5 Å². The average molecular weight is 383 g/mol. The van der Waals surface area contributed by atoms with Gasteiger partial charge >= 0.3 is 0 Å². The molecule has 4 rings (SSSR count). The van der Waals surface area contributed by atoms with Gasteiger partial charge in [-0.15, -0.1) is 0 Å². The Hall–Kier alpha value is -2.64. The van der Waals surface area contributed by atoms with Crippen LogP contribution in [0, 0.1) is 0 Å². The van der Waals surface area contributed by atoms with Gasteiger partial charge in [-0.2, -0.15) is 0 Å². The third kappa shape index (κ3) is 3.00. The van der Waals surface area contributed by atoms with Gasteiger partial charge in [-0.05, 0) is 42.8 Å². The molecule has 2 aliphatic rings. The standard InChI is InChI=1S/C19H13NO4S2/c1-11(21)13-3-2-4-14(9-13)20-18(22)17(26-19(20)25)8-12-5-6-15-16(7-12)24-10-23-15/h2-9H,10H2,1H3. The molecule has 26 heavy (non-hydrogen) atoms. The summed E-state index contributed by atoms with van der Waals surface area (Å²) in [6.45, 7) is 1.69. The Bertz CT molecular complexity index is 983. The zero-order valence-corrected chi connectivity index (χ0v) is 15.4. The second kappa shape index (κ2) is 6.59. The SMILES string of the molecule is CC(=O)c1cccc(N2C(=O)C(=Cc3ccc4c(c3)OCO4)SC2=S)c1. The van der Waals surface area contributed by atoms with Crippen LogP contribution >= 0.6 is 24.0 Å². The van der Waals surface area contributed by atoms with Crippen molar-refractivity contribution in [2.45, 2.75) is 6.92 Å². The van der Waals surface area contributed by atoms with E-state index in [9.17, 15) is 9.59 Å². The van der Waals surface area contributed by atoms with Crippen molar-refractivity contribution < 1.29 is 19.1 Å². The first-order valence-electron chi connectivity index (χ1n) is 7.81. The van der Waals surface area contributed by atoms with Crippen molar-refractivity contribution in [2.24, 2.45) is 0 Å². The number of fused-ring (bicyclic) bond motifs is 1. The first-order valence-corrected chi connectivity index (χ1v) is 9.04. The molecule has 0 atom stereocenters. The Balaban J connectivity index is 1.65. The Morgan fingerprint density at radius 3 is 2.81 bits per heavy atom. The van der Waals surface area contributed by atoms with Crippen LogP contribution in [0.5, 0.6) is 11.5 Å². The van der Waals surface area contributed by atoms with E-state index in [1.807, 2.05) is 18.2 Å². The molecule has 0 aromatic heterocycles. The van der Waals surface area contributed by atoms with Crippen LogP contribution in [-0.4, -0.2) is 22.8 Å². The van der Waals surface area contributed by atoms with Gasteiger partial charge in [-0.1, -0.05) is 42.2 Å². The lowest BCUT2D eigenvalue weighted by molar-refractivity contribution is -0.113. The zero-order chi connectivity index (χ0) is 18.3. The molecule has 0 unspecified atom stereocenters. The molecule has 0 bridgehead atoms. The van der Waals surface area contributed by atoms with Crippen molar-refractivity contribution in [1.82, 2.24) is 0 Å². The third-order valence-electron chi connectivity index (χ3n) is 4.00. The fourth-order valence-corrected chi connectivity index (χ4v) is 4.01. The molecule has 1 amide bonds. The van der Waals surface area contributed by atoms with Gasteiger partial charge in [0.05, 0.1) is 10.6 Å². The van der Waals surface area contributed by atoms with E-state index in [4.69, 9.17) is 21.7 Å². The molecule has 5 nitrogen and oxygen atoms in total. The molecule has 2 heterocycles. The van der Waals surface area contributed by atoms with Gasteiger partial charge in [0.1, 0.15) is 0 Å². The van der Waals surface area contributed by atoms with E-state index in [2.05, 4.69) is 0 Å². The van der Waals surface area contributed by atoms with Crippen LogP contribution in [0.15, 0.2) is 47.4 Å². The Kier molecular flexibility index (Phi) is 4.26. The fourth-order valence-electron chi connectivity index (χ4n) is 2.71. The number of ketones is 1. The second-order valence-corrected chi connectivity index (χ2v) is 7.41. The smallest absolute Gasteiger partial charge is 0.270 e. The van der Waals surface area contributed by atoms with Crippen LogP contribution in [-0.2, 0) is 4.79 Å². The number of amides is 1. The van der Waals surface area contributed by atoms with E-state index in [0.29, 0.717) is 32.0 Å². The summed E-state index contributed by atoms with van der Waals surface area (Å²) >= 11 is 6.61. The van der Waals surface area contributed by atoms with Gasteiger partial charge in [-0.25, -0.2) is 0 Å². The van der Waals surface area contributed by atoms with Crippen LogP contribution in [0.4, 0.5) is 5.69 Å². The number of benzene rings is 2. The van der Waals surface area contributed by atoms with Crippen molar-refractivity contribution in [3.8, 4) is 11.5 Å². The lowest BCUT2D eigenvalue weighted by Gasteiger charge is -2.15. The molecule has 2 aromatic rings. The van der Waals surface area contributed by atoms with Crippen molar-refractivity contribution >= 4 is 51.8 Å². The molecule has 0 aliphatic carbocycles. The highest BCUT2D eigenvalue weighted by atomic mass is 32.2. The van der Waals surface area contributed by atoms with Crippen LogP contribution in [0.25, 0.3) is 6.08 Å². The van der Waals surface area contributed by atoms with Crippen molar-refractivity contribution in [3.05, 3.63) is 58.5 Å². The minimum atomic E-state index is -0.210. The summed E-state index contributed by atoms with van der Waals surface area (Å²) in [4.78, 5) is 26.4. The van der Waals surface area contributed by atoms with E-state index in [0.717, 1.165) is 5.56 Å². The highest BCUT2D eigenvalue weighted by Gasteiger charge is 2.33. The predicted molar refractivity (Wildman–Crippen MR) is 105 cm³/mol. The number of hydrogen-bond donors (Lipinski definition) is 0. The Morgan fingerprint density at radius 2 is 2.00 bits per heavy atom. The van der Waals surface area contributed by atoms with Crippen molar-refractivity contribution in [2.75, 3.05) is 11.7 Å². The number of thiocarbonyl (C=S) groups is 1. The number of anilines is 1. The average Bonchev–Trinajstić information content (AvgIpc) is 3.19. The predicted octanol–water partition coefficient (Wildman–Crippen LogP) is 4.02. The van der Waals surface area contributed by atoms with Crippen LogP contribution < -0.4 is 14.4 Å². The topological polar surface area (TPSA) is 55.8 Å². The quantitative estimate of drug-likeness (QED) is 0.453. The highest BCUT2D eigenvalue weighted by Crippen LogP contribution is 2.38. The zero-order valence-electron chi connectivity index (χ0n) is 13.7. The summed E-state index contributed by atoms with van der Waals surface area (Å²) in [6, 6.07) is 12.4. The summed E-state index contributed by atoms with van der Waals surface area (Å²) in [6.07, 6.45) is 1.77. The van der Waals surface area contributed by atoms with Crippen LogP contribution in [0.1, 0.15) is 22.8 Å². The number of rotatable bonds is 3. The number of carbonyl (C=O) groups is 2. The number of ether oxygens (including phenoxy) is 2. The molecule has 2 aliphatic heterocycles. The molecule has 0 N–H and O–H groups in total. The number of hydrogen-bond acceptors (Lipinski definition) is 6. The molecule has 0 spiro atoms. The van der Waals surface area contributed by atoms with Crippen LogP contribution in [0.2, 0.25) is 0 Å². The van der Waals surface area contributed by atoms with Gasteiger partial charge < -0.3 is 9.47 Å². The van der Waals surface area contributed by atoms with Gasteiger partial charge in [-0.3, -0.25) is 14.5 Å². The summed E-state index contributed by atoms with van der Waals surface area (Å²) in [5.41, 5.74) is 1.96. The molecule has 130 valence electrons. The maximum atomic E-state index is 12.8. The molecule has 0 radical (unpaired) electrons. The normalized spacial score (nSPS) is 17.3. The highest BCUT2D eigenvalue weighted by molar-refractivity contribution is 8.27. The Labute approximate surface area is 159 Å². The van der Waals surface area contributed by atoms with E-state index in [1.165, 1.54) is 23.6 Å². The largest absolute Gasteiger partial charge is 0.454 e. The fraction of sp³-hybridized carbons (Fsp3) is 0.105. The minimum Gasteiger partial charge on any atom is -0.454 e. The number of nitrogens with zero attached hydrogens (tertiary/aromatic N) is 1. The second-order valence-electron chi connectivity index (χ2n) is 5.74. The molecular weight excluding hydrogens is 370 g/mol. The summed E-state index contributed by atoms with van der Waals surface area (Å²) in [5.74, 6) is 1.07. The molecule has 7 heteroatoms. The summed E-state index contributed by atoms with van der Waals surface area (Å²) in [5, 5.41) is 0. The van der Waals surface area contributed by atoms with E-state index in [1.54, 1.807) is 30.3 Å². The summed E-state index contributed by atoms with van der Waals surface area (Å²) < 4.78 is 11.1. The van der Waals surface area contributed by atoms with Gasteiger partial charge in [0.25, 0.3) is 5.91 Å². The van der Waals surface area contributed by atoms with Crippen molar-refractivity contribution in [1.29, 1.82) is 0 Å². The monoisotopic (exact) mass is 383 g/mol. The van der Waals surface area contributed by atoms with Gasteiger partial charge in [0.15, 0.2) is 21.6 Å². The Morgan fingerprint density at radius 1 is 1.19 bits per heavy atom. The first kappa shape index (κ1) is 16.8. The lowest BCUT2D eigenvalue weighted by atomic mass is 10.1. The van der Waals surface area contributed by atoms with Crippen molar-refractivity contribution in [3.63, 3.8) is 0 Å². The lowest BCUT2D eigenvalue weighted by Crippen LogP contribution is -2.27. The van der Waals surface area contributed by atoms with Crippen LogP contribution in [0.3, 0.4) is 0 Å². The molecular formula is C19H13NO4S2. The van der Waals surface area contributed by atoms with E-state index < -0.39 is 0 Å². The van der Waals surface area contributed by atoms with E-state index >= 15 is 0 Å². The van der Waals surface area contributed by atoms with Gasteiger partial charge in [0, 0.05) is 5.56 Å². The first-order chi connectivity index (χ1) is 12.5. The minimum absolute atomic E-state index is 0.0619. The van der Waals surface area contributed by atoms with Gasteiger partial charge in [0.2, 0.25) is 6.79 Å². The molecule has 0 saturated carbocycles. The number of Topliss-reactive ketones (excluding diaryl/α,β-unsaturated/α-hetero) is 1. The third-order valence-corrected chi connectivity index (χ3v) is 5.30. The number of carbonyl (C=O) groups excluding carboxylic acids is 2.